The highest BCUT2D eigenvalue weighted by Gasteiger charge is 2.33. The summed E-state index contributed by atoms with van der Waals surface area (Å²) < 4.78 is 71.0. The molecule has 10 heterocycles. The summed E-state index contributed by atoms with van der Waals surface area (Å²) in [7, 11) is 0. The normalized spacial score (nSPS) is 13.6. The average molecular weight is 1520 g/mol. The number of aromatic nitrogens is 12. The zero-order valence-electron chi connectivity index (χ0n) is 62.1. The number of oxime groups is 1. The minimum atomic E-state index is -0.614. The molecule has 0 bridgehead atoms. The molecule has 12 aromatic rings. The predicted molar refractivity (Wildman–Crippen MR) is 413 cm³/mol. The van der Waals surface area contributed by atoms with Crippen LogP contribution in [0.2, 0.25) is 15.1 Å². The van der Waals surface area contributed by atoms with Crippen LogP contribution in [0.5, 0.6) is 17.2 Å². The van der Waals surface area contributed by atoms with E-state index in [0.29, 0.717) is 116 Å². The fourth-order valence-electron chi connectivity index (χ4n) is 13.3. The zero-order valence-corrected chi connectivity index (χ0v) is 64.4. The number of piperidine rings is 1. The van der Waals surface area contributed by atoms with Crippen LogP contribution in [0.4, 0.5) is 30.6 Å². The minimum Gasteiger partial charge on any atom is -0.490 e. The number of benzene rings is 3. The molecule has 107 heavy (non-hydrogen) atoms. The van der Waals surface area contributed by atoms with E-state index in [4.69, 9.17) is 86.4 Å². The van der Waals surface area contributed by atoms with E-state index in [1.165, 1.54) is 12.4 Å². The number of pyridine rings is 3. The van der Waals surface area contributed by atoms with Gasteiger partial charge >= 0.3 is 0 Å². The van der Waals surface area contributed by atoms with E-state index in [1.54, 1.807) is 86.6 Å². The zero-order chi connectivity index (χ0) is 77.3. The van der Waals surface area contributed by atoms with Gasteiger partial charge in [-0.25, -0.2) is 43.1 Å². The fraction of sp³-hybridized carbons (Fsp3) is 0.329. The predicted octanol–water partition coefficient (Wildman–Crippen LogP) is 17.6. The lowest BCUT2D eigenvalue weighted by atomic mass is 9.93. The van der Waals surface area contributed by atoms with Gasteiger partial charge in [-0.2, -0.15) is 0 Å². The molecule has 13 rings (SSSR count). The molecule has 3 aromatic carbocycles. The molecule has 0 spiro atoms. The van der Waals surface area contributed by atoms with Gasteiger partial charge in [0.2, 0.25) is 0 Å². The highest BCUT2D eigenvalue weighted by molar-refractivity contribution is 6.32. The number of rotatable bonds is 17. The number of aryl methyl sites for hydroxylation is 4. The number of halogens is 6. The molecule has 0 radical (unpaired) electrons. The number of carbonyl (C=O) groups excluding carboxylic acids is 1. The van der Waals surface area contributed by atoms with Gasteiger partial charge in [0.05, 0.1) is 72.8 Å². The molecule has 28 heteroatoms. The Balaban J connectivity index is 0.000000161. The van der Waals surface area contributed by atoms with Crippen molar-refractivity contribution < 1.29 is 37.4 Å². The first-order valence-corrected chi connectivity index (χ1v) is 36.2. The Bertz CT molecular complexity index is 5330. The maximum absolute atomic E-state index is 15.8. The molecular weight excluding hydrogens is 1430 g/mol. The van der Waals surface area contributed by atoms with Gasteiger partial charge in [0.1, 0.15) is 80.1 Å². The van der Waals surface area contributed by atoms with Crippen LogP contribution >= 0.6 is 34.8 Å². The van der Waals surface area contributed by atoms with Crippen molar-refractivity contribution in [3.63, 3.8) is 0 Å². The largest absolute Gasteiger partial charge is 0.490 e. The highest BCUT2D eigenvalue weighted by Crippen LogP contribution is 2.48. The van der Waals surface area contributed by atoms with Crippen LogP contribution in [0.3, 0.4) is 0 Å². The van der Waals surface area contributed by atoms with Crippen LogP contribution in [0.15, 0.2) is 116 Å². The second-order valence-corrected chi connectivity index (χ2v) is 28.8. The molecule has 558 valence electrons. The number of ether oxygens (including phenoxy) is 3. The van der Waals surface area contributed by atoms with Crippen LogP contribution < -0.4 is 31.4 Å². The average Bonchev–Trinajstić information content (AvgIpc) is 1.65. The Morgan fingerprint density at radius 2 is 0.841 bits per heavy atom. The van der Waals surface area contributed by atoms with Crippen molar-refractivity contribution in [1.82, 2.24) is 63.0 Å². The summed E-state index contributed by atoms with van der Waals surface area (Å²) >= 11 is 19.3. The number of nitrogens with zero attached hydrogens (tertiary/aromatic N) is 14. The maximum atomic E-state index is 15.8. The van der Waals surface area contributed by atoms with Gasteiger partial charge in [-0.15, -0.1) is 0 Å². The number of imidazole rings is 3. The van der Waals surface area contributed by atoms with E-state index in [1.807, 2.05) is 126 Å². The van der Waals surface area contributed by atoms with Gasteiger partial charge < -0.3 is 41.5 Å². The quantitative estimate of drug-likeness (QED) is 0.0374. The van der Waals surface area contributed by atoms with Crippen LogP contribution in [0.25, 0.3) is 49.9 Å². The Hall–Kier alpha value is -10.6. The van der Waals surface area contributed by atoms with E-state index < -0.39 is 17.5 Å². The molecular formula is C79H85Cl3F3N17O5. The van der Waals surface area contributed by atoms with Gasteiger partial charge in [-0.3, -0.25) is 32.9 Å². The lowest BCUT2D eigenvalue weighted by molar-refractivity contribution is 0.0691. The highest BCUT2D eigenvalue weighted by atomic mass is 35.5. The summed E-state index contributed by atoms with van der Waals surface area (Å²) in [5.74, 6) is 2.18. The summed E-state index contributed by atoms with van der Waals surface area (Å²) in [6.07, 6.45) is 16.2. The fourth-order valence-corrected chi connectivity index (χ4v) is 14.0. The van der Waals surface area contributed by atoms with E-state index in [9.17, 15) is 4.79 Å². The van der Waals surface area contributed by atoms with Crippen molar-refractivity contribution in [2.24, 2.45) is 11.1 Å². The van der Waals surface area contributed by atoms with Crippen molar-refractivity contribution >= 4 is 80.4 Å². The lowest BCUT2D eigenvalue weighted by Gasteiger charge is -2.30. The van der Waals surface area contributed by atoms with Crippen molar-refractivity contribution in [1.29, 1.82) is 0 Å². The number of anilines is 3. The monoisotopic (exact) mass is 1510 g/mol. The Morgan fingerprint density at radius 1 is 0.514 bits per heavy atom. The number of fused-ring (bicyclic) bond motifs is 3. The Kier molecular flexibility index (Phi) is 23.3. The molecule has 22 nitrogen and oxygen atoms in total. The third-order valence-electron chi connectivity index (χ3n) is 18.7. The van der Waals surface area contributed by atoms with Gasteiger partial charge in [0, 0.05) is 126 Å². The van der Waals surface area contributed by atoms with Crippen LogP contribution in [0, 0.1) is 51.1 Å². The summed E-state index contributed by atoms with van der Waals surface area (Å²) in [6.45, 7) is 29.9. The molecule has 1 amide bonds. The number of amides is 1. The topological polar surface area (TPSA) is 288 Å². The molecule has 0 unspecified atom stereocenters. The first-order chi connectivity index (χ1) is 50.9. The maximum Gasteiger partial charge on any atom is 0.272 e. The van der Waals surface area contributed by atoms with Gasteiger partial charge in [-0.05, 0) is 131 Å². The second-order valence-electron chi connectivity index (χ2n) is 27.5. The smallest absolute Gasteiger partial charge is 0.272 e. The molecule has 7 N–H and O–H groups in total. The number of hydrogen-bond acceptors (Lipinski definition) is 18. The summed E-state index contributed by atoms with van der Waals surface area (Å²) in [5.41, 5.74) is 29.0. The molecule has 0 saturated carbocycles. The number of likely N-dealkylation sites (tertiary alicyclic amines) is 1. The van der Waals surface area contributed by atoms with Crippen molar-refractivity contribution in [3.8, 4) is 50.6 Å². The molecule has 1 aliphatic heterocycles. The van der Waals surface area contributed by atoms with Gasteiger partial charge in [0.15, 0.2) is 17.5 Å². The van der Waals surface area contributed by atoms with Crippen LogP contribution in [0.1, 0.15) is 180 Å². The van der Waals surface area contributed by atoms with E-state index in [2.05, 4.69) is 42.0 Å². The van der Waals surface area contributed by atoms with Crippen LogP contribution in [-0.2, 0) is 0 Å². The minimum absolute atomic E-state index is 0.0114. The van der Waals surface area contributed by atoms with Gasteiger partial charge in [0.25, 0.3) is 5.91 Å². The van der Waals surface area contributed by atoms with Crippen molar-refractivity contribution in [2.75, 3.05) is 30.3 Å². The molecule has 3 atom stereocenters. The number of carbonyl (C=O) groups is 1. The Morgan fingerprint density at radius 3 is 1.14 bits per heavy atom. The van der Waals surface area contributed by atoms with E-state index in [0.717, 1.165) is 63.6 Å². The molecule has 9 aromatic heterocycles. The van der Waals surface area contributed by atoms with E-state index >= 15 is 13.2 Å². The summed E-state index contributed by atoms with van der Waals surface area (Å²) in [4.78, 5) is 54.7. The summed E-state index contributed by atoms with van der Waals surface area (Å²) in [6, 6.07) is 15.1. The first kappa shape index (κ1) is 77.5. The molecule has 1 fully saturated rings. The SMILES string of the molecule is CC(=NO)c1ccc(-c2c(F)c(Cl)cc([C@H](C)c3nc(C)c4c(N)nccn34)c2OC(C)C)cn1.Cc1ccc(-c2c(F)c(Cl)cc([C@H](C)c3nc(C)c4c(N)nccn34)c2OC(C)C)cn1.Cc1nc([C@@H](C)c2cc(Cl)c(F)c(-c3ccc(C(=O)N4CCC(C)CC4)nc3)c2OC(C)C)n2ccnc(N)c12. The van der Waals surface area contributed by atoms with Crippen LogP contribution in [-0.4, -0.2) is 111 Å². The number of nitrogens with two attached hydrogens (primary N) is 3. The second kappa shape index (κ2) is 32.2. The molecule has 1 aliphatic rings. The number of hydrogen-bond donors (Lipinski definition) is 4. The van der Waals surface area contributed by atoms with Gasteiger partial charge in [-0.1, -0.05) is 85.9 Å². The summed E-state index contributed by atoms with van der Waals surface area (Å²) in [5, 5.41) is 12.1. The third kappa shape index (κ3) is 15.8. The van der Waals surface area contributed by atoms with E-state index in [-0.39, 0.29) is 68.2 Å². The molecule has 0 aliphatic carbocycles. The first-order valence-electron chi connectivity index (χ1n) is 35.1. The Labute approximate surface area is 633 Å². The third-order valence-corrected chi connectivity index (χ3v) is 19.5. The molecule has 1 saturated heterocycles. The van der Waals surface area contributed by atoms with Crippen molar-refractivity contribution in [2.45, 2.75) is 153 Å². The van der Waals surface area contributed by atoms with Crippen molar-refractivity contribution in [3.05, 3.63) is 211 Å². The standard InChI is InChI=1S/C30H34ClFN6O2.C25H26ClFN6O2.C24H25ClFN5O/c1-16(2)40-27-21(18(4)29-36-19(5)26-28(33)34-10-13-38(26)29)14-22(31)25(32)24(27)20-6-7-23(35-15-20)30(39)37-11-8-17(3)9-12-37;1-12(2)35-23-17(13(3)25-31-15(5)22-24(28)29-8-9-33(22)25)10-18(26)21(27)20(23)16-6-7-19(30-11-16)14(4)32-34;1-12(2)32-22-17(10-18(25)20(26)19(22)16-7-6-13(3)29-11-16)14(4)24-30-15(5)21-23(27)28-8-9-31(21)24/h6-7,10,13-18H,8-9,11-12H2,1-5H3,(H2,33,34);6-13,34H,1-5H3,(H2,28,29);6-12,14H,1-5H3,(H2,27,28)/t18-;13-;14-/m000/s1. The lowest BCUT2D eigenvalue weighted by Crippen LogP contribution is -2.38. The number of nitrogen functional groups attached to an aromatic ring is 3.